The second-order valence-corrected chi connectivity index (χ2v) is 6.88. The molecule has 0 aliphatic carbocycles. The fourth-order valence-electron chi connectivity index (χ4n) is 3.09. The van der Waals surface area contributed by atoms with Crippen molar-refractivity contribution >= 4 is 34.7 Å². The number of fused-ring (bicyclic) bond motifs is 2. The normalized spacial score (nSPS) is 17.2. The lowest BCUT2D eigenvalue weighted by atomic mass is 9.96. The Morgan fingerprint density at radius 1 is 1.08 bits per heavy atom. The zero-order valence-electron chi connectivity index (χ0n) is 13.9. The lowest BCUT2D eigenvalue weighted by Gasteiger charge is -2.23. The predicted molar refractivity (Wildman–Crippen MR) is 100 cm³/mol. The third kappa shape index (κ3) is 3.50. The zero-order valence-corrected chi connectivity index (χ0v) is 15.4. The fourth-order valence-corrected chi connectivity index (χ4v) is 3.55. The van der Waals surface area contributed by atoms with E-state index in [-0.39, 0.29) is 16.1 Å². The Balaban J connectivity index is 1.71. The van der Waals surface area contributed by atoms with Gasteiger partial charge >= 0.3 is 0 Å². The molecular formula is C19H16Cl2N2O3. The number of nitrogens with zero attached hydrogens (tertiary/aromatic N) is 1. The summed E-state index contributed by atoms with van der Waals surface area (Å²) in [7, 11) is 0. The van der Waals surface area contributed by atoms with Crippen LogP contribution in [0.15, 0.2) is 30.3 Å². The summed E-state index contributed by atoms with van der Waals surface area (Å²) < 4.78 is 11.5. The van der Waals surface area contributed by atoms with Gasteiger partial charge in [-0.3, -0.25) is 4.79 Å². The maximum Gasteiger partial charge on any atom is 0.188 e. The second kappa shape index (κ2) is 7.17. The molecule has 1 N–H and O–H groups in total. The van der Waals surface area contributed by atoms with E-state index in [1.165, 1.54) is 12.1 Å². The van der Waals surface area contributed by atoms with Crippen LogP contribution in [0.4, 0.5) is 0 Å². The predicted octanol–water partition coefficient (Wildman–Crippen LogP) is 3.92. The average molecular weight is 391 g/mol. The number of hydrogen-bond acceptors (Lipinski definition) is 5. The minimum Gasteiger partial charge on any atom is -0.490 e. The number of nitrogens with one attached hydrogen (secondary N) is 1. The number of hydrogen-bond donors (Lipinski definition) is 1. The van der Waals surface area contributed by atoms with Crippen LogP contribution < -0.4 is 14.8 Å². The zero-order chi connectivity index (χ0) is 18.1. The highest BCUT2D eigenvalue weighted by Crippen LogP contribution is 2.36. The molecule has 2 aliphatic rings. The third-order valence-electron chi connectivity index (χ3n) is 4.30. The van der Waals surface area contributed by atoms with Crippen LogP contribution in [-0.2, 0) is 6.42 Å². The third-order valence-corrected chi connectivity index (χ3v) is 4.68. The lowest BCUT2D eigenvalue weighted by Crippen LogP contribution is -2.23. The molecule has 0 saturated carbocycles. The molecule has 1 aromatic carbocycles. The summed E-state index contributed by atoms with van der Waals surface area (Å²) in [5, 5.41) is 3.66. The monoisotopic (exact) mass is 390 g/mol. The molecule has 0 bridgehead atoms. The molecular weight excluding hydrogens is 375 g/mol. The number of halogens is 2. The summed E-state index contributed by atoms with van der Waals surface area (Å²) in [5.74, 6) is 1.28. The first kappa shape index (κ1) is 17.2. The van der Waals surface area contributed by atoms with Gasteiger partial charge in [0.15, 0.2) is 17.3 Å². The van der Waals surface area contributed by atoms with E-state index in [2.05, 4.69) is 10.3 Å². The molecule has 0 amide bonds. The summed E-state index contributed by atoms with van der Waals surface area (Å²) in [6, 6.07) is 6.96. The van der Waals surface area contributed by atoms with Crippen molar-refractivity contribution in [2.24, 2.45) is 0 Å². The Hall–Kier alpha value is -2.24. The minimum atomic E-state index is -0.196. The van der Waals surface area contributed by atoms with Crippen molar-refractivity contribution in [3.05, 3.63) is 57.3 Å². The first-order valence-electron chi connectivity index (χ1n) is 8.36. The Bertz CT molecular complexity index is 892. The van der Waals surface area contributed by atoms with Gasteiger partial charge in [-0.15, -0.1) is 0 Å². The summed E-state index contributed by atoms with van der Waals surface area (Å²) in [6.45, 7) is 2.00. The fraction of sp³-hybridized carbons (Fsp3) is 0.263. The Kier molecular flexibility index (Phi) is 4.74. The first-order chi connectivity index (χ1) is 12.6. The van der Waals surface area contributed by atoms with Crippen molar-refractivity contribution in [3.63, 3.8) is 0 Å². The smallest absolute Gasteiger partial charge is 0.188 e. The van der Waals surface area contributed by atoms with Crippen LogP contribution in [0.3, 0.4) is 0 Å². The van der Waals surface area contributed by atoms with Crippen molar-refractivity contribution in [2.45, 2.75) is 12.8 Å². The van der Waals surface area contributed by atoms with Gasteiger partial charge in [0, 0.05) is 35.9 Å². The molecule has 0 saturated heterocycles. The maximum atomic E-state index is 12.7. The first-order valence-corrected chi connectivity index (χ1v) is 9.11. The number of allylic oxidation sites excluding steroid dienone is 1. The van der Waals surface area contributed by atoms with Gasteiger partial charge in [0.25, 0.3) is 0 Å². The molecule has 0 spiro atoms. The number of pyridine rings is 1. The van der Waals surface area contributed by atoms with Gasteiger partial charge in [-0.1, -0.05) is 23.2 Å². The van der Waals surface area contributed by atoms with Crippen molar-refractivity contribution < 1.29 is 14.3 Å². The number of ketones is 1. The highest BCUT2D eigenvalue weighted by molar-refractivity contribution is 6.33. The molecule has 5 nitrogen and oxygen atoms in total. The van der Waals surface area contributed by atoms with Gasteiger partial charge in [-0.2, -0.15) is 0 Å². The largest absolute Gasteiger partial charge is 0.490 e. The molecule has 2 aromatic rings. The van der Waals surface area contributed by atoms with E-state index < -0.39 is 0 Å². The van der Waals surface area contributed by atoms with Gasteiger partial charge in [0.2, 0.25) is 0 Å². The molecule has 0 fully saturated rings. The topological polar surface area (TPSA) is 60.5 Å². The standard InChI is InChI=1S/C19H16Cl2N2O3/c20-18-7-12(8-19(21)23-18)15(24)10-14-13-9-17-16(25-4-1-5-26-17)6-11(13)2-3-22-14/h6-10,22H,1-5H2/b14-10-. The Morgan fingerprint density at radius 3 is 2.50 bits per heavy atom. The number of carbonyl (C=O) groups excluding carboxylic acids is 1. The average Bonchev–Trinajstić information content (AvgIpc) is 2.84. The number of ether oxygens (including phenoxy) is 2. The molecule has 2 aliphatic heterocycles. The van der Waals surface area contributed by atoms with Crippen LogP contribution in [0.2, 0.25) is 10.3 Å². The minimum absolute atomic E-state index is 0.187. The van der Waals surface area contributed by atoms with E-state index in [4.69, 9.17) is 32.7 Å². The van der Waals surface area contributed by atoms with E-state index in [0.717, 1.165) is 42.0 Å². The van der Waals surface area contributed by atoms with E-state index in [0.29, 0.717) is 24.5 Å². The number of aromatic nitrogens is 1. The van der Waals surface area contributed by atoms with Gasteiger partial charge in [0.1, 0.15) is 10.3 Å². The number of rotatable bonds is 2. The van der Waals surface area contributed by atoms with Crippen molar-refractivity contribution in [1.82, 2.24) is 10.3 Å². The van der Waals surface area contributed by atoms with E-state index in [9.17, 15) is 4.79 Å². The Labute approximate surface area is 160 Å². The van der Waals surface area contributed by atoms with Crippen LogP contribution in [-0.4, -0.2) is 30.5 Å². The van der Waals surface area contributed by atoms with Gasteiger partial charge in [-0.05, 0) is 36.2 Å². The van der Waals surface area contributed by atoms with E-state index >= 15 is 0 Å². The molecule has 26 heavy (non-hydrogen) atoms. The van der Waals surface area contributed by atoms with Crippen LogP contribution in [0.25, 0.3) is 5.70 Å². The summed E-state index contributed by atoms with van der Waals surface area (Å²) in [6.07, 6.45) is 3.26. The molecule has 134 valence electrons. The highest BCUT2D eigenvalue weighted by Gasteiger charge is 2.21. The summed E-state index contributed by atoms with van der Waals surface area (Å²) in [4.78, 5) is 16.5. The molecule has 4 rings (SSSR count). The number of benzene rings is 1. The second-order valence-electron chi connectivity index (χ2n) is 6.11. The van der Waals surface area contributed by atoms with Gasteiger partial charge in [0.05, 0.1) is 13.2 Å². The summed E-state index contributed by atoms with van der Waals surface area (Å²) >= 11 is 11.8. The van der Waals surface area contributed by atoms with Crippen LogP contribution >= 0.6 is 23.2 Å². The van der Waals surface area contributed by atoms with Crippen LogP contribution in [0.1, 0.15) is 27.9 Å². The van der Waals surface area contributed by atoms with Crippen LogP contribution in [0.5, 0.6) is 11.5 Å². The molecule has 1 aromatic heterocycles. The maximum absolute atomic E-state index is 12.7. The van der Waals surface area contributed by atoms with Crippen LogP contribution in [0, 0.1) is 0 Å². The van der Waals surface area contributed by atoms with E-state index in [1.807, 2.05) is 12.1 Å². The lowest BCUT2D eigenvalue weighted by molar-refractivity contribution is 0.104. The van der Waals surface area contributed by atoms with Crippen molar-refractivity contribution in [2.75, 3.05) is 19.8 Å². The van der Waals surface area contributed by atoms with Crippen molar-refractivity contribution in [1.29, 1.82) is 0 Å². The molecule has 7 heteroatoms. The highest BCUT2D eigenvalue weighted by atomic mass is 35.5. The molecule has 3 heterocycles. The molecule has 0 radical (unpaired) electrons. The summed E-state index contributed by atoms with van der Waals surface area (Å²) in [5.41, 5.74) is 3.21. The van der Waals surface area contributed by atoms with E-state index in [1.54, 1.807) is 6.08 Å². The number of carbonyl (C=O) groups is 1. The van der Waals surface area contributed by atoms with Gasteiger partial charge < -0.3 is 14.8 Å². The van der Waals surface area contributed by atoms with Gasteiger partial charge in [-0.25, -0.2) is 4.98 Å². The Morgan fingerprint density at radius 2 is 1.77 bits per heavy atom. The molecule has 0 unspecified atom stereocenters. The quantitative estimate of drug-likeness (QED) is 0.478. The van der Waals surface area contributed by atoms with Crippen molar-refractivity contribution in [3.8, 4) is 11.5 Å². The SMILES string of the molecule is O=C(/C=C1\NCCc2cc3c(cc21)OCCCO3)c1cc(Cl)nc(Cl)c1. The molecule has 0 atom stereocenters.